The fourth-order valence-corrected chi connectivity index (χ4v) is 2.91. The van der Waals surface area contributed by atoms with Crippen LogP contribution in [0.4, 0.5) is 13.2 Å². The fourth-order valence-electron chi connectivity index (χ4n) is 2.91. The van der Waals surface area contributed by atoms with Gasteiger partial charge in [0.1, 0.15) is 0 Å². The van der Waals surface area contributed by atoms with Crippen LogP contribution in [-0.2, 0) is 4.79 Å². The first kappa shape index (κ1) is 18.9. The van der Waals surface area contributed by atoms with Gasteiger partial charge in [0.05, 0.1) is 13.0 Å². The summed E-state index contributed by atoms with van der Waals surface area (Å²) in [6.45, 7) is 2.15. The largest absolute Gasteiger partial charge is 0.390 e. The van der Waals surface area contributed by atoms with Gasteiger partial charge in [0.2, 0.25) is 5.91 Å². The summed E-state index contributed by atoms with van der Waals surface area (Å²) in [6, 6.07) is 0.421. The number of rotatable bonds is 6. The number of carbonyl (C=O) groups excluding carboxylic acids is 1. The summed E-state index contributed by atoms with van der Waals surface area (Å²) in [4.78, 5) is 16.2. The van der Waals surface area contributed by atoms with Gasteiger partial charge in [-0.2, -0.15) is 13.2 Å². The van der Waals surface area contributed by atoms with Crippen molar-refractivity contribution in [2.24, 2.45) is 10.9 Å². The summed E-state index contributed by atoms with van der Waals surface area (Å²) < 4.78 is 36.7. The van der Waals surface area contributed by atoms with Crippen LogP contribution in [-0.4, -0.2) is 43.2 Å². The van der Waals surface area contributed by atoms with E-state index in [1.54, 1.807) is 0 Å². The maximum atomic E-state index is 12.2. The van der Waals surface area contributed by atoms with Crippen LogP contribution in [0.1, 0.15) is 51.9 Å². The number of alkyl halides is 3. The average molecular weight is 348 g/mol. The number of guanidine groups is 1. The van der Waals surface area contributed by atoms with Gasteiger partial charge in [-0.1, -0.05) is 6.42 Å². The molecule has 0 aromatic rings. The Labute approximate surface area is 140 Å². The van der Waals surface area contributed by atoms with Gasteiger partial charge in [-0.25, -0.2) is 0 Å². The van der Waals surface area contributed by atoms with Crippen LogP contribution in [0.5, 0.6) is 0 Å². The molecule has 0 saturated heterocycles. The van der Waals surface area contributed by atoms with Gasteiger partial charge in [-0.05, 0) is 39.0 Å². The summed E-state index contributed by atoms with van der Waals surface area (Å²) >= 11 is 0. The third-order valence-electron chi connectivity index (χ3n) is 4.32. The number of nitrogens with one attached hydrogen (secondary N) is 3. The standard InChI is InChI=1S/C16H27F3N4O/c1-2-20-15(21-9-8-16(17,18)19)23-13-5-3-4-11(10-13)14(24)22-12-6-7-12/h11-13H,2-10H2,1H3,(H,22,24)(H2,20,21,23). The van der Waals surface area contributed by atoms with Crippen LogP contribution in [0.2, 0.25) is 0 Å². The molecule has 0 spiro atoms. The fraction of sp³-hybridized carbons (Fsp3) is 0.875. The lowest BCUT2D eigenvalue weighted by Gasteiger charge is -2.30. The van der Waals surface area contributed by atoms with E-state index in [9.17, 15) is 18.0 Å². The predicted molar refractivity (Wildman–Crippen MR) is 86.7 cm³/mol. The molecule has 2 atom stereocenters. The van der Waals surface area contributed by atoms with Gasteiger partial charge >= 0.3 is 6.18 Å². The summed E-state index contributed by atoms with van der Waals surface area (Å²) in [5.74, 6) is 0.493. The Morgan fingerprint density at radius 3 is 2.50 bits per heavy atom. The van der Waals surface area contributed by atoms with Gasteiger partial charge in [-0.3, -0.25) is 9.79 Å². The number of halogens is 3. The molecule has 3 N–H and O–H groups in total. The van der Waals surface area contributed by atoms with E-state index in [4.69, 9.17) is 0 Å². The molecule has 0 aromatic heterocycles. The first-order chi connectivity index (χ1) is 11.4. The highest BCUT2D eigenvalue weighted by molar-refractivity contribution is 5.81. The monoisotopic (exact) mass is 348 g/mol. The molecule has 1 amide bonds. The second kappa shape index (κ2) is 8.58. The lowest BCUT2D eigenvalue weighted by molar-refractivity contribution is -0.132. The van der Waals surface area contributed by atoms with E-state index in [1.165, 1.54) is 0 Å². The van der Waals surface area contributed by atoms with Gasteiger partial charge < -0.3 is 16.0 Å². The van der Waals surface area contributed by atoms with E-state index in [0.717, 1.165) is 32.1 Å². The summed E-state index contributed by atoms with van der Waals surface area (Å²) in [7, 11) is 0. The van der Waals surface area contributed by atoms with E-state index in [1.807, 2.05) is 6.92 Å². The summed E-state index contributed by atoms with van der Waals surface area (Å²) in [6.07, 6.45) is 0.408. The van der Waals surface area contributed by atoms with Crippen molar-refractivity contribution in [3.05, 3.63) is 0 Å². The van der Waals surface area contributed by atoms with Crippen molar-refractivity contribution in [2.75, 3.05) is 13.1 Å². The molecule has 2 fully saturated rings. The third kappa shape index (κ3) is 6.97. The van der Waals surface area contributed by atoms with Gasteiger partial charge in [0, 0.05) is 24.5 Å². The number of hydrogen-bond acceptors (Lipinski definition) is 2. The molecule has 2 unspecified atom stereocenters. The van der Waals surface area contributed by atoms with E-state index in [0.29, 0.717) is 25.0 Å². The molecule has 2 rings (SSSR count). The third-order valence-corrected chi connectivity index (χ3v) is 4.32. The Hall–Kier alpha value is -1.47. The minimum atomic E-state index is -4.20. The van der Waals surface area contributed by atoms with Crippen molar-refractivity contribution in [3.8, 4) is 0 Å². The van der Waals surface area contributed by atoms with Gasteiger partial charge in [0.15, 0.2) is 5.96 Å². The van der Waals surface area contributed by atoms with Crippen molar-refractivity contribution < 1.29 is 18.0 Å². The molecule has 8 heteroatoms. The molecule has 2 aliphatic rings. The topological polar surface area (TPSA) is 65.5 Å². The molecule has 0 bridgehead atoms. The van der Waals surface area contributed by atoms with Crippen molar-refractivity contribution in [1.29, 1.82) is 0 Å². The molecule has 2 saturated carbocycles. The Morgan fingerprint density at radius 2 is 1.88 bits per heavy atom. The summed E-state index contributed by atoms with van der Waals surface area (Å²) in [5, 5.41) is 9.20. The zero-order valence-electron chi connectivity index (χ0n) is 14.1. The Morgan fingerprint density at radius 1 is 1.12 bits per heavy atom. The van der Waals surface area contributed by atoms with E-state index >= 15 is 0 Å². The molecule has 138 valence electrons. The number of aliphatic imine (C=N–C) groups is 1. The van der Waals surface area contributed by atoms with Crippen molar-refractivity contribution in [2.45, 2.75) is 70.1 Å². The lowest BCUT2D eigenvalue weighted by Crippen LogP contribution is -2.47. The van der Waals surface area contributed by atoms with Crippen LogP contribution in [0.25, 0.3) is 0 Å². The quantitative estimate of drug-likeness (QED) is 0.510. The minimum absolute atomic E-state index is 0.0186. The molecular formula is C16H27F3N4O. The second-order valence-electron chi connectivity index (χ2n) is 6.61. The summed E-state index contributed by atoms with van der Waals surface area (Å²) in [5.41, 5.74) is 0. The lowest BCUT2D eigenvalue weighted by atomic mass is 9.85. The highest BCUT2D eigenvalue weighted by Crippen LogP contribution is 2.26. The number of hydrogen-bond donors (Lipinski definition) is 3. The Balaban J connectivity index is 1.83. The molecule has 24 heavy (non-hydrogen) atoms. The molecule has 0 aliphatic heterocycles. The molecule has 5 nitrogen and oxygen atoms in total. The zero-order chi connectivity index (χ0) is 17.6. The van der Waals surface area contributed by atoms with Gasteiger partial charge in [0.25, 0.3) is 0 Å². The second-order valence-corrected chi connectivity index (χ2v) is 6.61. The minimum Gasteiger partial charge on any atom is -0.357 e. The van der Waals surface area contributed by atoms with E-state index < -0.39 is 12.6 Å². The maximum absolute atomic E-state index is 12.2. The number of amides is 1. The first-order valence-corrected chi connectivity index (χ1v) is 8.79. The molecule has 0 heterocycles. The van der Waals surface area contributed by atoms with Crippen molar-refractivity contribution in [3.63, 3.8) is 0 Å². The van der Waals surface area contributed by atoms with E-state index in [2.05, 4.69) is 20.9 Å². The number of nitrogens with zero attached hydrogens (tertiary/aromatic N) is 1. The molecular weight excluding hydrogens is 321 g/mol. The van der Waals surface area contributed by atoms with Crippen LogP contribution in [0, 0.1) is 5.92 Å². The van der Waals surface area contributed by atoms with Crippen molar-refractivity contribution in [1.82, 2.24) is 16.0 Å². The molecule has 2 aliphatic carbocycles. The highest BCUT2D eigenvalue weighted by atomic mass is 19.4. The Bertz CT molecular complexity index is 449. The van der Waals surface area contributed by atoms with Gasteiger partial charge in [-0.15, -0.1) is 0 Å². The average Bonchev–Trinajstić information content (AvgIpc) is 3.30. The predicted octanol–water partition coefficient (Wildman–Crippen LogP) is 2.33. The highest BCUT2D eigenvalue weighted by Gasteiger charge is 2.31. The maximum Gasteiger partial charge on any atom is 0.390 e. The Kier molecular flexibility index (Phi) is 6.74. The van der Waals surface area contributed by atoms with Crippen LogP contribution >= 0.6 is 0 Å². The molecule has 0 radical (unpaired) electrons. The normalized spacial score (nSPS) is 25.2. The molecule has 0 aromatic carbocycles. The van der Waals surface area contributed by atoms with Crippen LogP contribution < -0.4 is 16.0 Å². The first-order valence-electron chi connectivity index (χ1n) is 8.79. The van der Waals surface area contributed by atoms with Crippen LogP contribution in [0.15, 0.2) is 4.99 Å². The zero-order valence-corrected chi connectivity index (χ0v) is 14.1. The van der Waals surface area contributed by atoms with Crippen molar-refractivity contribution >= 4 is 11.9 Å². The van der Waals surface area contributed by atoms with E-state index in [-0.39, 0.29) is 24.4 Å². The van der Waals surface area contributed by atoms with Crippen LogP contribution in [0.3, 0.4) is 0 Å². The smallest absolute Gasteiger partial charge is 0.357 e. The SMILES string of the molecule is CCNC(=NCCC(F)(F)F)NC1CCCC(C(=O)NC2CC2)C1. The number of carbonyl (C=O) groups is 1.